The van der Waals surface area contributed by atoms with Gasteiger partial charge in [-0.25, -0.2) is 8.42 Å². The first kappa shape index (κ1) is 19.6. The Labute approximate surface area is 161 Å². The summed E-state index contributed by atoms with van der Waals surface area (Å²) >= 11 is 0. The maximum absolute atomic E-state index is 12.5. The van der Waals surface area contributed by atoms with Gasteiger partial charge < -0.3 is 5.32 Å². The van der Waals surface area contributed by atoms with Crippen LogP contribution in [0.25, 0.3) is 0 Å². The van der Waals surface area contributed by atoms with Crippen molar-refractivity contribution >= 4 is 15.7 Å². The van der Waals surface area contributed by atoms with Crippen molar-refractivity contribution in [1.82, 2.24) is 5.32 Å². The minimum Gasteiger partial charge on any atom is -0.349 e. The van der Waals surface area contributed by atoms with Crippen LogP contribution in [0.5, 0.6) is 0 Å². The first-order valence-corrected chi connectivity index (χ1v) is 11.4. The first-order valence-electron chi connectivity index (χ1n) is 9.60. The lowest BCUT2D eigenvalue weighted by Gasteiger charge is -2.20. The summed E-state index contributed by atoms with van der Waals surface area (Å²) in [5.74, 6) is 0.260. The van der Waals surface area contributed by atoms with Crippen LogP contribution in [0.3, 0.4) is 0 Å². The lowest BCUT2D eigenvalue weighted by Crippen LogP contribution is -2.30. The maximum Gasteiger partial charge on any atom is 0.220 e. The fourth-order valence-corrected chi connectivity index (χ4v) is 5.57. The second kappa shape index (κ2) is 9.18. The van der Waals surface area contributed by atoms with Crippen molar-refractivity contribution in [1.29, 1.82) is 0 Å². The van der Waals surface area contributed by atoms with Crippen molar-refractivity contribution in [3.05, 3.63) is 71.8 Å². The standard InChI is InChI=1S/C22H27NO3S/c24-22(16-19-14-15-27(25,26)17-19)23-21(20-11-5-2-6-12-20)13-7-10-18-8-3-1-4-9-18/h1-6,8-9,11-12,19,21H,7,10,13-17H2,(H,23,24). The molecule has 1 heterocycles. The second-order valence-corrected chi connectivity index (χ2v) is 9.61. The Kier molecular flexibility index (Phi) is 6.67. The smallest absolute Gasteiger partial charge is 0.220 e. The lowest BCUT2D eigenvalue weighted by molar-refractivity contribution is -0.122. The fraction of sp³-hybridized carbons (Fsp3) is 0.409. The normalized spacial score (nSPS) is 19.5. The van der Waals surface area contributed by atoms with E-state index in [4.69, 9.17) is 0 Å². The van der Waals surface area contributed by atoms with Crippen molar-refractivity contribution in [3.8, 4) is 0 Å². The molecular weight excluding hydrogens is 358 g/mol. The van der Waals surface area contributed by atoms with Gasteiger partial charge in [0, 0.05) is 6.42 Å². The van der Waals surface area contributed by atoms with Crippen molar-refractivity contribution in [2.75, 3.05) is 11.5 Å². The van der Waals surface area contributed by atoms with Crippen molar-refractivity contribution in [3.63, 3.8) is 0 Å². The zero-order chi connectivity index (χ0) is 19.1. The Bertz CT molecular complexity index is 834. The summed E-state index contributed by atoms with van der Waals surface area (Å²) in [7, 11) is -2.95. The van der Waals surface area contributed by atoms with Gasteiger partial charge in [0.2, 0.25) is 5.91 Å². The van der Waals surface area contributed by atoms with E-state index < -0.39 is 9.84 Å². The van der Waals surface area contributed by atoms with Crippen LogP contribution in [-0.4, -0.2) is 25.8 Å². The molecule has 0 aliphatic carbocycles. The molecule has 1 aliphatic heterocycles. The molecule has 0 spiro atoms. The topological polar surface area (TPSA) is 63.2 Å². The van der Waals surface area contributed by atoms with E-state index in [1.165, 1.54) is 5.56 Å². The second-order valence-electron chi connectivity index (χ2n) is 7.38. The number of hydrogen-bond donors (Lipinski definition) is 1. The fourth-order valence-electron chi connectivity index (χ4n) is 3.71. The van der Waals surface area contributed by atoms with Gasteiger partial charge in [-0.05, 0) is 42.7 Å². The maximum atomic E-state index is 12.5. The van der Waals surface area contributed by atoms with Crippen LogP contribution in [0.15, 0.2) is 60.7 Å². The molecular formula is C22H27NO3S. The number of aryl methyl sites for hydroxylation is 1. The summed E-state index contributed by atoms with van der Waals surface area (Å²) in [6.45, 7) is 0. The van der Waals surface area contributed by atoms with Gasteiger partial charge in [0.05, 0.1) is 17.5 Å². The summed E-state index contributed by atoms with van der Waals surface area (Å²) in [5.41, 5.74) is 2.39. The largest absolute Gasteiger partial charge is 0.349 e. The molecule has 0 saturated carbocycles. The van der Waals surface area contributed by atoms with Gasteiger partial charge in [-0.15, -0.1) is 0 Å². The Hall–Kier alpha value is -2.14. The minimum absolute atomic E-state index is 0.0413. The van der Waals surface area contributed by atoms with E-state index in [9.17, 15) is 13.2 Å². The molecule has 2 atom stereocenters. The Morgan fingerprint density at radius 1 is 1.04 bits per heavy atom. The van der Waals surface area contributed by atoms with Gasteiger partial charge in [0.25, 0.3) is 0 Å². The number of nitrogens with one attached hydrogen (secondary N) is 1. The van der Waals surface area contributed by atoms with Crippen molar-refractivity contribution in [2.45, 2.75) is 38.1 Å². The van der Waals surface area contributed by atoms with E-state index in [-0.39, 0.29) is 29.4 Å². The molecule has 2 unspecified atom stereocenters. The molecule has 3 rings (SSSR count). The number of hydrogen-bond acceptors (Lipinski definition) is 3. The Morgan fingerprint density at radius 3 is 2.33 bits per heavy atom. The average molecular weight is 386 g/mol. The zero-order valence-electron chi connectivity index (χ0n) is 15.5. The summed E-state index contributed by atoms with van der Waals surface area (Å²) in [6, 6.07) is 20.3. The molecule has 5 heteroatoms. The molecule has 27 heavy (non-hydrogen) atoms. The summed E-state index contributed by atoms with van der Waals surface area (Å²) in [4.78, 5) is 12.5. The predicted molar refractivity (Wildman–Crippen MR) is 108 cm³/mol. The first-order chi connectivity index (χ1) is 13.0. The molecule has 2 aromatic rings. The van der Waals surface area contributed by atoms with Crippen LogP contribution in [0.1, 0.15) is 42.9 Å². The molecule has 1 N–H and O–H groups in total. The molecule has 0 aromatic heterocycles. The van der Waals surface area contributed by atoms with Crippen LogP contribution in [0.2, 0.25) is 0 Å². The number of rotatable bonds is 8. The van der Waals surface area contributed by atoms with Crippen LogP contribution in [-0.2, 0) is 21.1 Å². The highest BCUT2D eigenvalue weighted by Gasteiger charge is 2.29. The molecule has 1 saturated heterocycles. The van der Waals surface area contributed by atoms with Crippen LogP contribution in [0, 0.1) is 5.92 Å². The van der Waals surface area contributed by atoms with E-state index in [0.29, 0.717) is 12.8 Å². The highest BCUT2D eigenvalue weighted by Crippen LogP contribution is 2.24. The van der Waals surface area contributed by atoms with E-state index in [2.05, 4.69) is 17.4 Å². The van der Waals surface area contributed by atoms with Crippen molar-refractivity contribution < 1.29 is 13.2 Å². The Morgan fingerprint density at radius 2 is 1.70 bits per heavy atom. The van der Waals surface area contributed by atoms with Gasteiger partial charge in [0.1, 0.15) is 0 Å². The highest BCUT2D eigenvalue weighted by atomic mass is 32.2. The van der Waals surface area contributed by atoms with Gasteiger partial charge in [-0.2, -0.15) is 0 Å². The minimum atomic E-state index is -2.95. The molecule has 1 amide bonds. The molecule has 2 aromatic carbocycles. The molecule has 0 radical (unpaired) electrons. The third kappa shape index (κ3) is 6.21. The van der Waals surface area contributed by atoms with Gasteiger partial charge >= 0.3 is 0 Å². The van der Waals surface area contributed by atoms with E-state index in [1.807, 2.05) is 48.5 Å². The number of carbonyl (C=O) groups excluding carboxylic acids is 1. The van der Waals surface area contributed by atoms with E-state index >= 15 is 0 Å². The molecule has 1 fully saturated rings. The Balaban J connectivity index is 1.57. The van der Waals surface area contributed by atoms with E-state index in [1.54, 1.807) is 0 Å². The summed E-state index contributed by atoms with van der Waals surface area (Å²) in [6.07, 6.45) is 3.69. The lowest BCUT2D eigenvalue weighted by atomic mass is 9.98. The number of amides is 1. The van der Waals surface area contributed by atoms with Crippen LogP contribution in [0.4, 0.5) is 0 Å². The third-order valence-electron chi connectivity index (χ3n) is 5.14. The van der Waals surface area contributed by atoms with E-state index in [0.717, 1.165) is 24.8 Å². The van der Waals surface area contributed by atoms with Crippen LogP contribution >= 0.6 is 0 Å². The third-order valence-corrected chi connectivity index (χ3v) is 6.98. The van der Waals surface area contributed by atoms with Gasteiger partial charge in [0.15, 0.2) is 9.84 Å². The molecule has 0 bridgehead atoms. The average Bonchev–Trinajstić information content (AvgIpc) is 3.00. The molecule has 1 aliphatic rings. The van der Waals surface area contributed by atoms with Gasteiger partial charge in [-0.1, -0.05) is 60.7 Å². The number of carbonyl (C=O) groups is 1. The highest BCUT2D eigenvalue weighted by molar-refractivity contribution is 7.91. The zero-order valence-corrected chi connectivity index (χ0v) is 16.3. The summed E-state index contributed by atoms with van der Waals surface area (Å²) < 4.78 is 23.2. The van der Waals surface area contributed by atoms with Crippen LogP contribution < -0.4 is 5.32 Å². The molecule has 144 valence electrons. The quantitative estimate of drug-likeness (QED) is 0.754. The SMILES string of the molecule is O=C(CC1CCS(=O)(=O)C1)NC(CCCc1ccccc1)c1ccccc1. The molecule has 4 nitrogen and oxygen atoms in total. The number of sulfone groups is 1. The predicted octanol–water partition coefficient (Wildman–Crippen LogP) is 3.69. The monoisotopic (exact) mass is 385 g/mol. The number of benzene rings is 2. The van der Waals surface area contributed by atoms with Crippen molar-refractivity contribution in [2.24, 2.45) is 5.92 Å². The van der Waals surface area contributed by atoms with Gasteiger partial charge in [-0.3, -0.25) is 4.79 Å². The summed E-state index contributed by atoms with van der Waals surface area (Å²) in [5, 5.41) is 3.14.